The van der Waals surface area contributed by atoms with Crippen molar-refractivity contribution in [2.75, 3.05) is 5.32 Å². The Morgan fingerprint density at radius 1 is 1.38 bits per heavy atom. The number of aryl methyl sites for hydroxylation is 1. The van der Waals surface area contributed by atoms with Crippen LogP contribution in [0.1, 0.15) is 27.2 Å². The van der Waals surface area contributed by atoms with Crippen LogP contribution in [-0.4, -0.2) is 31.0 Å². The van der Waals surface area contributed by atoms with Crippen LogP contribution in [0.5, 0.6) is 0 Å². The van der Waals surface area contributed by atoms with Crippen LogP contribution in [0.15, 0.2) is 6.33 Å². The number of hydrogen-bond acceptors (Lipinski definition) is 5. The molecule has 0 bridgehead atoms. The number of anilines is 1. The first-order chi connectivity index (χ1) is 7.76. The molecule has 1 atom stereocenters. The molecule has 0 unspecified atom stereocenters. The van der Waals surface area contributed by atoms with Gasteiger partial charge in [0.25, 0.3) is 0 Å². The Bertz CT molecular complexity index is 477. The zero-order chi connectivity index (χ0) is 11.5. The molecule has 16 heavy (non-hydrogen) atoms. The molecule has 0 aromatic carbocycles. The maximum Gasteiger partial charge on any atom is 0.183 e. The van der Waals surface area contributed by atoms with E-state index in [2.05, 4.69) is 39.4 Å². The highest BCUT2D eigenvalue weighted by atomic mass is 15.4. The molecule has 1 N–H and O–H groups in total. The summed E-state index contributed by atoms with van der Waals surface area (Å²) in [7, 11) is 0. The average Bonchev–Trinajstić information content (AvgIpc) is 2.73. The minimum atomic E-state index is 0.366. The number of nitrogens with zero attached hydrogens (tertiary/aromatic N) is 5. The first kappa shape index (κ1) is 10.8. The van der Waals surface area contributed by atoms with Gasteiger partial charge in [-0.3, -0.25) is 0 Å². The highest BCUT2D eigenvalue weighted by Gasteiger charge is 2.11. The Morgan fingerprint density at radius 2 is 2.19 bits per heavy atom. The van der Waals surface area contributed by atoms with Gasteiger partial charge in [0.15, 0.2) is 17.0 Å². The maximum absolute atomic E-state index is 4.20. The van der Waals surface area contributed by atoms with E-state index in [-0.39, 0.29) is 0 Å². The van der Waals surface area contributed by atoms with Gasteiger partial charge in [0.1, 0.15) is 6.33 Å². The Hall–Kier alpha value is -1.72. The van der Waals surface area contributed by atoms with E-state index in [0.29, 0.717) is 6.04 Å². The molecule has 6 nitrogen and oxygen atoms in total. The minimum Gasteiger partial charge on any atom is -0.366 e. The van der Waals surface area contributed by atoms with E-state index in [9.17, 15) is 0 Å². The Kier molecular flexibility index (Phi) is 2.98. The molecule has 0 radical (unpaired) electrons. The Balaban J connectivity index is 2.42. The van der Waals surface area contributed by atoms with Gasteiger partial charge in [-0.1, -0.05) is 12.1 Å². The van der Waals surface area contributed by atoms with Crippen molar-refractivity contribution >= 4 is 17.0 Å². The highest BCUT2D eigenvalue weighted by molar-refractivity contribution is 5.81. The fraction of sp³-hybridized carbons (Fsp3) is 0.600. The van der Waals surface area contributed by atoms with E-state index in [1.165, 1.54) is 0 Å². The first-order valence-corrected chi connectivity index (χ1v) is 5.57. The molecule has 6 heteroatoms. The van der Waals surface area contributed by atoms with E-state index in [1.54, 1.807) is 11.0 Å². The van der Waals surface area contributed by atoms with Crippen LogP contribution in [-0.2, 0) is 6.54 Å². The van der Waals surface area contributed by atoms with Crippen molar-refractivity contribution in [1.29, 1.82) is 0 Å². The van der Waals surface area contributed by atoms with E-state index in [1.807, 2.05) is 6.92 Å². The Morgan fingerprint density at radius 3 is 2.88 bits per heavy atom. The summed E-state index contributed by atoms with van der Waals surface area (Å²) in [5, 5.41) is 11.4. The molecule has 0 aliphatic rings. The lowest BCUT2D eigenvalue weighted by Gasteiger charge is -2.11. The molecular formula is C10H16N6. The van der Waals surface area contributed by atoms with Crippen molar-refractivity contribution in [3.8, 4) is 0 Å². The summed E-state index contributed by atoms with van der Waals surface area (Å²) < 4.78 is 1.76. The SMILES string of the molecule is CC[C@@H](C)Nc1ncnc2c1nnn2CC. The van der Waals surface area contributed by atoms with E-state index >= 15 is 0 Å². The molecule has 0 saturated carbocycles. The van der Waals surface area contributed by atoms with Crippen molar-refractivity contribution < 1.29 is 0 Å². The number of hydrogen-bond donors (Lipinski definition) is 1. The smallest absolute Gasteiger partial charge is 0.183 e. The predicted molar refractivity (Wildman–Crippen MR) is 62.2 cm³/mol. The van der Waals surface area contributed by atoms with E-state index in [4.69, 9.17) is 0 Å². The van der Waals surface area contributed by atoms with Crippen molar-refractivity contribution in [2.24, 2.45) is 0 Å². The molecule has 0 aliphatic heterocycles. The third-order valence-electron chi connectivity index (χ3n) is 2.60. The van der Waals surface area contributed by atoms with Gasteiger partial charge in [-0.05, 0) is 20.3 Å². The van der Waals surface area contributed by atoms with Crippen molar-refractivity contribution in [3.63, 3.8) is 0 Å². The van der Waals surface area contributed by atoms with Gasteiger partial charge in [0.2, 0.25) is 0 Å². The van der Waals surface area contributed by atoms with Crippen LogP contribution in [0.2, 0.25) is 0 Å². The van der Waals surface area contributed by atoms with E-state index in [0.717, 1.165) is 29.9 Å². The van der Waals surface area contributed by atoms with Gasteiger partial charge in [-0.15, -0.1) is 5.10 Å². The van der Waals surface area contributed by atoms with E-state index < -0.39 is 0 Å². The molecule has 0 amide bonds. The predicted octanol–water partition coefficient (Wildman–Crippen LogP) is 1.45. The zero-order valence-corrected chi connectivity index (χ0v) is 9.80. The van der Waals surface area contributed by atoms with Crippen molar-refractivity contribution in [3.05, 3.63) is 6.33 Å². The van der Waals surface area contributed by atoms with Gasteiger partial charge >= 0.3 is 0 Å². The second kappa shape index (κ2) is 4.42. The van der Waals surface area contributed by atoms with Crippen molar-refractivity contribution in [2.45, 2.75) is 39.8 Å². The van der Waals surface area contributed by atoms with Crippen LogP contribution in [0.4, 0.5) is 5.82 Å². The average molecular weight is 220 g/mol. The van der Waals surface area contributed by atoms with Gasteiger partial charge in [0.05, 0.1) is 0 Å². The highest BCUT2D eigenvalue weighted by Crippen LogP contribution is 2.16. The van der Waals surface area contributed by atoms with Gasteiger partial charge in [-0.2, -0.15) is 0 Å². The van der Waals surface area contributed by atoms with Gasteiger partial charge < -0.3 is 5.32 Å². The number of rotatable bonds is 4. The summed E-state index contributed by atoms with van der Waals surface area (Å²) in [4.78, 5) is 8.40. The minimum absolute atomic E-state index is 0.366. The Labute approximate surface area is 94.1 Å². The van der Waals surface area contributed by atoms with Crippen LogP contribution in [0.25, 0.3) is 11.2 Å². The van der Waals surface area contributed by atoms with Gasteiger partial charge in [-0.25, -0.2) is 14.6 Å². The lowest BCUT2D eigenvalue weighted by atomic mass is 10.2. The molecule has 0 spiro atoms. The third-order valence-corrected chi connectivity index (χ3v) is 2.60. The monoisotopic (exact) mass is 220 g/mol. The molecule has 2 aromatic rings. The molecule has 2 heterocycles. The number of aromatic nitrogens is 5. The van der Waals surface area contributed by atoms with Crippen LogP contribution >= 0.6 is 0 Å². The second-order valence-electron chi connectivity index (χ2n) is 3.75. The molecule has 2 aromatic heterocycles. The molecule has 0 aliphatic carbocycles. The summed E-state index contributed by atoms with van der Waals surface area (Å²) in [6.07, 6.45) is 2.58. The molecule has 86 valence electrons. The molecular weight excluding hydrogens is 204 g/mol. The molecule has 0 saturated heterocycles. The summed E-state index contributed by atoms with van der Waals surface area (Å²) in [6, 6.07) is 0.366. The quantitative estimate of drug-likeness (QED) is 0.844. The maximum atomic E-state index is 4.20. The second-order valence-corrected chi connectivity index (χ2v) is 3.75. The van der Waals surface area contributed by atoms with Crippen LogP contribution < -0.4 is 5.32 Å². The lowest BCUT2D eigenvalue weighted by Crippen LogP contribution is -2.15. The van der Waals surface area contributed by atoms with Gasteiger partial charge in [0, 0.05) is 12.6 Å². The van der Waals surface area contributed by atoms with Crippen LogP contribution in [0.3, 0.4) is 0 Å². The fourth-order valence-corrected chi connectivity index (χ4v) is 1.45. The van der Waals surface area contributed by atoms with Crippen LogP contribution in [0, 0.1) is 0 Å². The normalized spacial score (nSPS) is 12.9. The molecule has 2 rings (SSSR count). The number of fused-ring (bicyclic) bond motifs is 1. The zero-order valence-electron chi connectivity index (χ0n) is 9.80. The summed E-state index contributed by atoms with van der Waals surface area (Å²) in [5.41, 5.74) is 1.52. The summed E-state index contributed by atoms with van der Waals surface area (Å²) in [5.74, 6) is 0.763. The standard InChI is InChI=1S/C10H16N6/c1-4-7(3)13-9-8-10(12-6-11-9)16(5-2)15-14-8/h6-7H,4-5H2,1-3H3,(H,11,12,13)/t7-/m1/s1. The fourth-order valence-electron chi connectivity index (χ4n) is 1.45. The molecule has 0 fully saturated rings. The topological polar surface area (TPSA) is 68.5 Å². The number of nitrogens with one attached hydrogen (secondary N) is 1. The largest absolute Gasteiger partial charge is 0.366 e. The lowest BCUT2D eigenvalue weighted by molar-refractivity contribution is 0.641. The first-order valence-electron chi connectivity index (χ1n) is 5.57. The van der Waals surface area contributed by atoms with Crippen molar-refractivity contribution in [1.82, 2.24) is 25.0 Å². The summed E-state index contributed by atoms with van der Waals surface area (Å²) in [6.45, 7) is 7.01. The summed E-state index contributed by atoms with van der Waals surface area (Å²) >= 11 is 0. The third kappa shape index (κ3) is 1.82.